The van der Waals surface area contributed by atoms with Crippen LogP contribution in [0.2, 0.25) is 5.02 Å². The van der Waals surface area contributed by atoms with Gasteiger partial charge in [-0.1, -0.05) is 35.9 Å². The summed E-state index contributed by atoms with van der Waals surface area (Å²) in [7, 11) is -3.85. The number of sulfonamides is 1. The number of nitrogens with zero attached hydrogens (tertiary/aromatic N) is 1. The molecule has 0 radical (unpaired) electrons. The molecule has 7 heteroatoms. The second kappa shape index (κ2) is 8.14. The zero-order valence-electron chi connectivity index (χ0n) is 15.1. The minimum Gasteiger partial charge on any atom is -0.384 e. The number of hydrogen-bond donors (Lipinski definition) is 2. The van der Waals surface area contributed by atoms with Crippen LogP contribution in [0.5, 0.6) is 0 Å². The zero-order chi connectivity index (χ0) is 20.3. The number of pyridine rings is 1. The predicted molar refractivity (Wildman–Crippen MR) is 112 cm³/mol. The van der Waals surface area contributed by atoms with Crippen LogP contribution in [-0.4, -0.2) is 18.5 Å². The van der Waals surface area contributed by atoms with E-state index in [1.165, 1.54) is 24.3 Å². The molecule has 28 heavy (non-hydrogen) atoms. The number of aliphatic hydroxyl groups excluding tert-OH is 1. The quantitative estimate of drug-likeness (QED) is 0.615. The third kappa shape index (κ3) is 4.42. The van der Waals surface area contributed by atoms with E-state index in [2.05, 4.69) is 16.3 Å². The fraction of sp³-hybridized carbons (Fsp3) is 0.0952. The van der Waals surface area contributed by atoms with Crippen LogP contribution in [0.4, 0.5) is 5.69 Å². The SMILES string of the molecule is C=C(C)c1ccc(S(=O)(=O)Nc2ccc(Cl)cc2C(O)c2ccncc2)cc1. The minimum atomic E-state index is -3.85. The summed E-state index contributed by atoms with van der Waals surface area (Å²) in [5.74, 6) is 0. The number of rotatable bonds is 6. The van der Waals surface area contributed by atoms with E-state index < -0.39 is 16.1 Å². The summed E-state index contributed by atoms with van der Waals surface area (Å²) in [5, 5.41) is 11.1. The molecule has 2 N–H and O–H groups in total. The fourth-order valence-corrected chi connectivity index (χ4v) is 3.97. The molecule has 144 valence electrons. The molecule has 0 spiro atoms. The van der Waals surface area contributed by atoms with Crippen molar-refractivity contribution in [2.75, 3.05) is 4.72 Å². The van der Waals surface area contributed by atoms with Gasteiger partial charge in [0.2, 0.25) is 0 Å². The van der Waals surface area contributed by atoms with Crippen LogP contribution in [0.3, 0.4) is 0 Å². The molecule has 0 bridgehead atoms. The maximum absolute atomic E-state index is 12.8. The Morgan fingerprint density at radius 2 is 1.75 bits per heavy atom. The molecule has 3 aromatic rings. The number of benzene rings is 2. The molecule has 1 aromatic heterocycles. The Bertz CT molecular complexity index is 1100. The van der Waals surface area contributed by atoms with Gasteiger partial charge in [-0.05, 0) is 60.5 Å². The van der Waals surface area contributed by atoms with Crippen molar-refractivity contribution in [2.45, 2.75) is 17.9 Å². The summed E-state index contributed by atoms with van der Waals surface area (Å²) in [6, 6.07) is 14.4. The molecular formula is C21H19ClN2O3S. The lowest BCUT2D eigenvalue weighted by atomic mass is 10.0. The lowest BCUT2D eigenvalue weighted by molar-refractivity contribution is 0.221. The molecule has 0 aliphatic carbocycles. The van der Waals surface area contributed by atoms with Gasteiger partial charge in [-0.25, -0.2) is 8.42 Å². The van der Waals surface area contributed by atoms with E-state index in [4.69, 9.17) is 11.6 Å². The van der Waals surface area contributed by atoms with Gasteiger partial charge >= 0.3 is 0 Å². The van der Waals surface area contributed by atoms with Crippen LogP contribution in [0.1, 0.15) is 29.7 Å². The number of nitrogens with one attached hydrogen (secondary N) is 1. The van der Waals surface area contributed by atoms with E-state index in [0.717, 1.165) is 11.1 Å². The Morgan fingerprint density at radius 1 is 1.11 bits per heavy atom. The summed E-state index contributed by atoms with van der Waals surface area (Å²) in [6.07, 6.45) is 2.04. The van der Waals surface area contributed by atoms with Crippen molar-refractivity contribution >= 4 is 32.9 Å². The van der Waals surface area contributed by atoms with Gasteiger partial charge in [-0.3, -0.25) is 9.71 Å². The molecule has 0 aliphatic rings. The van der Waals surface area contributed by atoms with Gasteiger partial charge in [0.25, 0.3) is 10.0 Å². The third-order valence-electron chi connectivity index (χ3n) is 4.23. The number of aliphatic hydroxyl groups is 1. The van der Waals surface area contributed by atoms with Gasteiger partial charge in [0.05, 0.1) is 10.6 Å². The summed E-state index contributed by atoms with van der Waals surface area (Å²) < 4.78 is 28.2. The van der Waals surface area contributed by atoms with Gasteiger partial charge in [0, 0.05) is 23.0 Å². The van der Waals surface area contributed by atoms with E-state index in [1.54, 1.807) is 42.7 Å². The number of hydrogen-bond acceptors (Lipinski definition) is 4. The maximum Gasteiger partial charge on any atom is 0.261 e. The Kier molecular flexibility index (Phi) is 5.84. The number of allylic oxidation sites excluding steroid dienone is 1. The summed E-state index contributed by atoms with van der Waals surface area (Å²) in [6.45, 7) is 5.69. The number of aromatic nitrogens is 1. The second-order valence-electron chi connectivity index (χ2n) is 6.32. The standard InChI is InChI=1S/C21H19ClN2O3S/c1-14(2)15-3-6-18(7-4-15)28(26,27)24-20-8-5-17(22)13-19(20)21(25)16-9-11-23-12-10-16/h3-13,21,24-25H,1H2,2H3. The van der Waals surface area contributed by atoms with Gasteiger partial charge in [0.15, 0.2) is 0 Å². The second-order valence-corrected chi connectivity index (χ2v) is 8.44. The van der Waals surface area contributed by atoms with Crippen molar-refractivity contribution in [3.8, 4) is 0 Å². The molecule has 5 nitrogen and oxygen atoms in total. The first kappa shape index (κ1) is 20.1. The highest BCUT2D eigenvalue weighted by atomic mass is 35.5. The van der Waals surface area contributed by atoms with Crippen molar-refractivity contribution < 1.29 is 13.5 Å². The summed E-state index contributed by atoms with van der Waals surface area (Å²) in [5.41, 5.74) is 2.87. The van der Waals surface area contributed by atoms with Crippen LogP contribution in [-0.2, 0) is 10.0 Å². The van der Waals surface area contributed by atoms with Crippen molar-refractivity contribution in [2.24, 2.45) is 0 Å². The first-order valence-electron chi connectivity index (χ1n) is 8.44. The van der Waals surface area contributed by atoms with Crippen LogP contribution in [0.15, 0.2) is 78.5 Å². The topological polar surface area (TPSA) is 79.3 Å². The normalized spacial score (nSPS) is 12.4. The van der Waals surface area contributed by atoms with E-state index in [9.17, 15) is 13.5 Å². The molecule has 2 aromatic carbocycles. The van der Waals surface area contributed by atoms with E-state index in [-0.39, 0.29) is 10.6 Å². The van der Waals surface area contributed by atoms with E-state index in [0.29, 0.717) is 16.1 Å². The van der Waals surface area contributed by atoms with Gasteiger partial charge in [0.1, 0.15) is 6.10 Å². The Morgan fingerprint density at radius 3 is 2.36 bits per heavy atom. The van der Waals surface area contributed by atoms with E-state index in [1.807, 2.05) is 6.92 Å². The van der Waals surface area contributed by atoms with Crippen LogP contribution in [0.25, 0.3) is 5.57 Å². The molecule has 0 saturated carbocycles. The average Bonchev–Trinajstić information content (AvgIpc) is 2.69. The monoisotopic (exact) mass is 414 g/mol. The molecule has 3 rings (SSSR count). The third-order valence-corrected chi connectivity index (χ3v) is 5.85. The molecule has 1 heterocycles. The number of anilines is 1. The van der Waals surface area contributed by atoms with Crippen LogP contribution < -0.4 is 4.72 Å². The zero-order valence-corrected chi connectivity index (χ0v) is 16.7. The number of halogens is 1. The molecular weight excluding hydrogens is 396 g/mol. The van der Waals surface area contributed by atoms with Crippen molar-refractivity contribution in [1.82, 2.24) is 4.98 Å². The highest BCUT2D eigenvalue weighted by molar-refractivity contribution is 7.92. The van der Waals surface area contributed by atoms with Gasteiger partial charge < -0.3 is 5.11 Å². The highest BCUT2D eigenvalue weighted by Crippen LogP contribution is 2.32. The van der Waals surface area contributed by atoms with E-state index >= 15 is 0 Å². The summed E-state index contributed by atoms with van der Waals surface area (Å²) >= 11 is 6.07. The van der Waals surface area contributed by atoms with Crippen molar-refractivity contribution in [1.29, 1.82) is 0 Å². The fourth-order valence-electron chi connectivity index (χ4n) is 2.70. The molecule has 1 atom stereocenters. The molecule has 0 saturated heterocycles. The summed E-state index contributed by atoms with van der Waals surface area (Å²) in [4.78, 5) is 4.03. The lowest BCUT2D eigenvalue weighted by Crippen LogP contribution is -2.15. The minimum absolute atomic E-state index is 0.108. The Balaban J connectivity index is 1.96. The largest absolute Gasteiger partial charge is 0.384 e. The smallest absolute Gasteiger partial charge is 0.261 e. The molecule has 0 amide bonds. The van der Waals surface area contributed by atoms with Gasteiger partial charge in [-0.2, -0.15) is 0 Å². The molecule has 0 fully saturated rings. The maximum atomic E-state index is 12.8. The predicted octanol–water partition coefficient (Wildman–Crippen LogP) is 4.65. The highest BCUT2D eigenvalue weighted by Gasteiger charge is 2.20. The first-order valence-corrected chi connectivity index (χ1v) is 10.3. The van der Waals surface area contributed by atoms with Crippen LogP contribution >= 0.6 is 11.6 Å². The van der Waals surface area contributed by atoms with Crippen molar-refractivity contribution in [3.05, 3.63) is 95.3 Å². The van der Waals surface area contributed by atoms with Crippen LogP contribution in [0, 0.1) is 0 Å². The van der Waals surface area contributed by atoms with Gasteiger partial charge in [-0.15, -0.1) is 0 Å². The molecule has 1 unspecified atom stereocenters. The molecule has 0 aliphatic heterocycles. The first-order chi connectivity index (χ1) is 13.3. The van der Waals surface area contributed by atoms with Crippen molar-refractivity contribution in [3.63, 3.8) is 0 Å². The lowest BCUT2D eigenvalue weighted by Gasteiger charge is -2.18. The average molecular weight is 415 g/mol. The Labute approximate surface area is 169 Å². The Hall–Kier alpha value is -2.67.